The van der Waals surface area contributed by atoms with E-state index in [9.17, 15) is 9.59 Å². The SMILES string of the molecule is COc1ccccc1OCc1ccc(C(=O)Nc2sc3c(c2C(=O)OC(C)C)CCCC3)o1. The molecule has 2 heterocycles. The second-order valence-corrected chi connectivity index (χ2v) is 9.13. The molecule has 0 saturated heterocycles. The molecule has 0 atom stereocenters. The normalized spacial score (nSPS) is 12.8. The number of anilines is 1. The van der Waals surface area contributed by atoms with Gasteiger partial charge in [0.15, 0.2) is 17.3 Å². The van der Waals surface area contributed by atoms with Gasteiger partial charge in [0.05, 0.1) is 18.8 Å². The van der Waals surface area contributed by atoms with Crippen LogP contribution in [-0.4, -0.2) is 25.1 Å². The highest BCUT2D eigenvalue weighted by atomic mass is 32.1. The number of carbonyl (C=O) groups is 2. The topological polar surface area (TPSA) is 87.0 Å². The molecule has 1 aliphatic carbocycles. The molecule has 0 unspecified atom stereocenters. The summed E-state index contributed by atoms with van der Waals surface area (Å²) >= 11 is 1.45. The van der Waals surface area contributed by atoms with Gasteiger partial charge in [0.1, 0.15) is 17.4 Å². The van der Waals surface area contributed by atoms with Crippen LogP contribution in [0, 0.1) is 0 Å². The van der Waals surface area contributed by atoms with E-state index in [-0.39, 0.29) is 18.5 Å². The summed E-state index contributed by atoms with van der Waals surface area (Å²) in [5, 5.41) is 3.38. The van der Waals surface area contributed by atoms with Crippen molar-refractivity contribution in [3.8, 4) is 11.5 Å². The second-order valence-electron chi connectivity index (χ2n) is 8.03. The van der Waals surface area contributed by atoms with E-state index in [0.717, 1.165) is 36.1 Å². The zero-order valence-electron chi connectivity index (χ0n) is 18.9. The number of hydrogen-bond donors (Lipinski definition) is 1. The maximum Gasteiger partial charge on any atom is 0.341 e. The number of nitrogens with one attached hydrogen (secondary N) is 1. The van der Waals surface area contributed by atoms with E-state index in [1.54, 1.807) is 31.4 Å². The third-order valence-corrected chi connectivity index (χ3v) is 6.48. The third kappa shape index (κ3) is 5.22. The van der Waals surface area contributed by atoms with E-state index in [0.29, 0.717) is 27.8 Å². The number of aryl methyl sites for hydroxylation is 1. The first-order valence-electron chi connectivity index (χ1n) is 11.0. The van der Waals surface area contributed by atoms with Crippen molar-refractivity contribution in [3.63, 3.8) is 0 Å². The first kappa shape index (κ1) is 22.9. The van der Waals surface area contributed by atoms with Gasteiger partial charge < -0.3 is 23.9 Å². The standard InChI is InChI=1S/C25H27NO6S/c1-15(2)31-25(28)22-17-8-4-7-11-21(17)33-24(22)26-23(27)20-13-12-16(32-20)14-30-19-10-6-5-9-18(19)29-3/h5-6,9-10,12-13,15H,4,7-8,11,14H2,1-3H3,(H,26,27). The van der Waals surface area contributed by atoms with Gasteiger partial charge in [-0.05, 0) is 69.4 Å². The molecule has 33 heavy (non-hydrogen) atoms. The van der Waals surface area contributed by atoms with E-state index in [1.807, 2.05) is 26.0 Å². The molecule has 0 saturated carbocycles. The molecule has 1 N–H and O–H groups in total. The molecule has 4 rings (SSSR count). The predicted octanol–water partition coefficient (Wildman–Crippen LogP) is 5.63. The van der Waals surface area contributed by atoms with E-state index >= 15 is 0 Å². The van der Waals surface area contributed by atoms with Crippen LogP contribution in [0.2, 0.25) is 0 Å². The molecule has 0 radical (unpaired) electrons. The molecule has 0 fully saturated rings. The van der Waals surface area contributed by atoms with Crippen molar-refractivity contribution in [2.24, 2.45) is 0 Å². The van der Waals surface area contributed by atoms with Gasteiger partial charge in [-0.3, -0.25) is 4.79 Å². The number of hydrogen-bond acceptors (Lipinski definition) is 7. The van der Waals surface area contributed by atoms with Gasteiger partial charge in [0.25, 0.3) is 5.91 Å². The number of rotatable bonds is 8. The lowest BCUT2D eigenvalue weighted by atomic mass is 9.95. The highest BCUT2D eigenvalue weighted by Gasteiger charge is 2.28. The van der Waals surface area contributed by atoms with E-state index in [4.69, 9.17) is 18.6 Å². The monoisotopic (exact) mass is 469 g/mol. The number of furan rings is 1. The zero-order chi connectivity index (χ0) is 23.4. The van der Waals surface area contributed by atoms with E-state index < -0.39 is 11.9 Å². The van der Waals surface area contributed by atoms with Crippen LogP contribution in [0.5, 0.6) is 11.5 Å². The molecule has 0 aliphatic heterocycles. The van der Waals surface area contributed by atoms with Crippen molar-refractivity contribution in [1.82, 2.24) is 0 Å². The van der Waals surface area contributed by atoms with Gasteiger partial charge in [0.2, 0.25) is 0 Å². The highest BCUT2D eigenvalue weighted by Crippen LogP contribution is 2.39. The third-order valence-electron chi connectivity index (χ3n) is 5.27. The largest absolute Gasteiger partial charge is 0.493 e. The van der Waals surface area contributed by atoms with Crippen LogP contribution >= 0.6 is 11.3 Å². The van der Waals surface area contributed by atoms with Crippen molar-refractivity contribution in [2.75, 3.05) is 12.4 Å². The second kappa shape index (κ2) is 10.1. The van der Waals surface area contributed by atoms with Crippen LogP contribution in [0.4, 0.5) is 5.00 Å². The van der Waals surface area contributed by atoms with Crippen molar-refractivity contribution in [1.29, 1.82) is 0 Å². The molecule has 1 aliphatic rings. The Labute approximate surface area is 196 Å². The fourth-order valence-electron chi connectivity index (χ4n) is 3.77. The van der Waals surface area contributed by atoms with Crippen molar-refractivity contribution in [2.45, 2.75) is 52.2 Å². The predicted molar refractivity (Wildman–Crippen MR) is 125 cm³/mol. The summed E-state index contributed by atoms with van der Waals surface area (Å²) in [5.41, 5.74) is 1.47. The van der Waals surface area contributed by atoms with Crippen LogP contribution in [0.3, 0.4) is 0 Å². The number of carbonyl (C=O) groups excluding carboxylic acids is 2. The summed E-state index contributed by atoms with van der Waals surface area (Å²) < 4.78 is 22.2. The number of thiophene rings is 1. The van der Waals surface area contributed by atoms with Gasteiger partial charge in [-0.15, -0.1) is 11.3 Å². The number of esters is 1. The lowest BCUT2D eigenvalue weighted by molar-refractivity contribution is 0.0378. The lowest BCUT2D eigenvalue weighted by Gasteiger charge is -2.14. The van der Waals surface area contributed by atoms with Gasteiger partial charge in [-0.1, -0.05) is 12.1 Å². The van der Waals surface area contributed by atoms with Gasteiger partial charge in [-0.2, -0.15) is 0 Å². The van der Waals surface area contributed by atoms with Gasteiger partial charge in [-0.25, -0.2) is 4.79 Å². The molecule has 7 nitrogen and oxygen atoms in total. The minimum atomic E-state index is -0.421. The average Bonchev–Trinajstić information content (AvgIpc) is 3.42. The summed E-state index contributed by atoms with van der Waals surface area (Å²) in [7, 11) is 1.57. The number of ether oxygens (including phenoxy) is 3. The van der Waals surface area contributed by atoms with Crippen molar-refractivity contribution < 1.29 is 28.2 Å². The summed E-state index contributed by atoms with van der Waals surface area (Å²) in [6.07, 6.45) is 3.58. The van der Waals surface area contributed by atoms with Gasteiger partial charge in [0, 0.05) is 4.88 Å². The smallest absolute Gasteiger partial charge is 0.341 e. The number of para-hydroxylation sites is 2. The Morgan fingerprint density at radius 2 is 1.85 bits per heavy atom. The van der Waals surface area contributed by atoms with Gasteiger partial charge >= 0.3 is 5.97 Å². The molecule has 1 aromatic carbocycles. The average molecular weight is 470 g/mol. The first-order chi connectivity index (χ1) is 16.0. The Bertz CT molecular complexity index is 1150. The van der Waals surface area contributed by atoms with Crippen LogP contribution in [-0.2, 0) is 24.2 Å². The van der Waals surface area contributed by atoms with Crippen LogP contribution in [0.25, 0.3) is 0 Å². The highest BCUT2D eigenvalue weighted by molar-refractivity contribution is 7.17. The van der Waals surface area contributed by atoms with Crippen LogP contribution in [0.15, 0.2) is 40.8 Å². The summed E-state index contributed by atoms with van der Waals surface area (Å²) in [5.74, 6) is 1.02. The maximum atomic E-state index is 12.9. The van der Waals surface area contributed by atoms with E-state index in [2.05, 4.69) is 5.32 Å². The van der Waals surface area contributed by atoms with Crippen LogP contribution in [0.1, 0.15) is 63.8 Å². The number of amides is 1. The van der Waals surface area contributed by atoms with Crippen molar-refractivity contribution >= 4 is 28.2 Å². The fourth-order valence-corrected chi connectivity index (χ4v) is 5.04. The summed E-state index contributed by atoms with van der Waals surface area (Å²) in [6, 6.07) is 10.6. The molecule has 174 valence electrons. The maximum absolute atomic E-state index is 12.9. The Kier molecular flexibility index (Phi) is 7.03. The van der Waals surface area contributed by atoms with Crippen molar-refractivity contribution in [3.05, 3.63) is 63.9 Å². The fraction of sp³-hybridized carbons (Fsp3) is 0.360. The number of methoxy groups -OCH3 is 1. The molecule has 0 spiro atoms. The minimum Gasteiger partial charge on any atom is -0.493 e. The minimum absolute atomic E-state index is 0.142. The molecule has 1 amide bonds. The molecule has 2 aromatic heterocycles. The Balaban J connectivity index is 1.48. The zero-order valence-corrected chi connectivity index (χ0v) is 19.8. The Morgan fingerprint density at radius 3 is 2.61 bits per heavy atom. The quantitative estimate of drug-likeness (QED) is 0.431. The molecule has 0 bridgehead atoms. The molecular weight excluding hydrogens is 442 g/mol. The Morgan fingerprint density at radius 1 is 1.09 bits per heavy atom. The molecular formula is C25H27NO6S. The van der Waals surface area contributed by atoms with Crippen LogP contribution < -0.4 is 14.8 Å². The Hall–Kier alpha value is -3.26. The lowest BCUT2D eigenvalue weighted by Crippen LogP contribution is -2.17. The molecule has 3 aromatic rings. The summed E-state index contributed by atoms with van der Waals surface area (Å²) in [6.45, 7) is 3.77. The number of fused-ring (bicyclic) bond motifs is 1. The number of benzene rings is 1. The molecule has 8 heteroatoms. The summed E-state index contributed by atoms with van der Waals surface area (Å²) in [4.78, 5) is 26.8. The first-order valence-corrected chi connectivity index (χ1v) is 11.8. The van der Waals surface area contributed by atoms with E-state index in [1.165, 1.54) is 11.3 Å².